The summed E-state index contributed by atoms with van der Waals surface area (Å²) in [6.45, 7) is 4.07. The number of hydrogen-bond acceptors (Lipinski definition) is 4. The Balaban J connectivity index is 1.72. The van der Waals surface area contributed by atoms with E-state index in [1.807, 2.05) is 28.0 Å². The van der Waals surface area contributed by atoms with Crippen LogP contribution < -0.4 is 9.47 Å². The van der Waals surface area contributed by atoms with E-state index in [1.165, 1.54) is 0 Å². The van der Waals surface area contributed by atoms with Crippen molar-refractivity contribution in [3.05, 3.63) is 23.8 Å². The van der Waals surface area contributed by atoms with Gasteiger partial charge >= 0.3 is 0 Å². The first-order valence-electron chi connectivity index (χ1n) is 9.36. The van der Waals surface area contributed by atoms with Gasteiger partial charge in [-0.1, -0.05) is 13.0 Å². The van der Waals surface area contributed by atoms with Gasteiger partial charge in [0.2, 0.25) is 11.8 Å². The summed E-state index contributed by atoms with van der Waals surface area (Å²) in [6, 6.07) is 5.72. The zero-order chi connectivity index (χ0) is 18.7. The first-order valence-corrected chi connectivity index (χ1v) is 9.36. The molecule has 0 spiro atoms. The lowest BCUT2D eigenvalue weighted by Gasteiger charge is -2.35. The number of methoxy groups -OCH3 is 2. The molecule has 0 unspecified atom stereocenters. The molecule has 2 bridgehead atoms. The van der Waals surface area contributed by atoms with Crippen LogP contribution in [0.4, 0.5) is 0 Å². The maximum absolute atomic E-state index is 12.9. The highest BCUT2D eigenvalue weighted by atomic mass is 16.5. The van der Waals surface area contributed by atoms with Gasteiger partial charge in [-0.2, -0.15) is 0 Å². The SMILES string of the molecule is CCCN1C(=O)[C@H]2CC[C@@H]1CN(C(=O)Cc1ccc(OC)c(OC)c1)C2. The lowest BCUT2D eigenvalue weighted by molar-refractivity contribution is -0.139. The van der Waals surface area contributed by atoms with Crippen molar-refractivity contribution < 1.29 is 19.1 Å². The molecule has 0 saturated carbocycles. The predicted octanol–water partition coefficient (Wildman–Crippen LogP) is 2.11. The van der Waals surface area contributed by atoms with Crippen molar-refractivity contribution in [2.75, 3.05) is 33.9 Å². The van der Waals surface area contributed by atoms with Crippen molar-refractivity contribution >= 4 is 11.8 Å². The Hall–Kier alpha value is -2.24. The second-order valence-electron chi connectivity index (χ2n) is 7.12. The van der Waals surface area contributed by atoms with Crippen molar-refractivity contribution in [1.82, 2.24) is 9.80 Å². The fourth-order valence-electron chi connectivity index (χ4n) is 4.06. The third-order valence-corrected chi connectivity index (χ3v) is 5.41. The molecule has 0 N–H and O–H groups in total. The summed E-state index contributed by atoms with van der Waals surface area (Å²) in [7, 11) is 3.18. The molecule has 3 aliphatic heterocycles. The average molecular weight is 360 g/mol. The molecule has 142 valence electrons. The van der Waals surface area contributed by atoms with Crippen LogP contribution in [-0.2, 0) is 16.0 Å². The van der Waals surface area contributed by atoms with Gasteiger partial charge in [0.1, 0.15) is 0 Å². The Labute approximate surface area is 155 Å². The first-order chi connectivity index (χ1) is 12.6. The van der Waals surface area contributed by atoms with Crippen LogP contribution in [0.5, 0.6) is 11.5 Å². The van der Waals surface area contributed by atoms with Crippen LogP contribution in [0.1, 0.15) is 31.7 Å². The number of nitrogens with zero attached hydrogens (tertiary/aromatic N) is 2. The molecule has 2 atom stereocenters. The van der Waals surface area contributed by atoms with Crippen LogP contribution >= 0.6 is 0 Å². The minimum Gasteiger partial charge on any atom is -0.493 e. The Bertz CT molecular complexity index is 676. The number of fused-ring (bicyclic) bond motifs is 4. The van der Waals surface area contributed by atoms with Gasteiger partial charge < -0.3 is 19.3 Å². The van der Waals surface area contributed by atoms with Gasteiger partial charge in [0, 0.05) is 25.7 Å². The summed E-state index contributed by atoms with van der Waals surface area (Å²) in [6.07, 6.45) is 3.15. The number of hydrogen-bond donors (Lipinski definition) is 0. The van der Waals surface area contributed by atoms with Crippen molar-refractivity contribution in [2.24, 2.45) is 5.92 Å². The second-order valence-corrected chi connectivity index (χ2v) is 7.12. The molecule has 2 amide bonds. The molecule has 6 heteroatoms. The standard InChI is InChI=1S/C20H28N2O4/c1-4-9-22-16-7-6-15(20(22)24)12-21(13-16)19(23)11-14-5-8-17(25-2)18(10-14)26-3/h5,8,10,15-16H,4,6-7,9,11-13H2,1-3H3/t15-,16+/m0/s1. The first kappa shape index (κ1) is 18.5. The molecule has 3 saturated heterocycles. The van der Waals surface area contributed by atoms with Gasteiger partial charge in [-0.3, -0.25) is 9.59 Å². The molecule has 3 heterocycles. The van der Waals surface area contributed by atoms with E-state index in [1.54, 1.807) is 14.2 Å². The Kier molecular flexibility index (Phi) is 5.69. The maximum atomic E-state index is 12.9. The lowest BCUT2D eigenvalue weighted by atomic mass is 9.94. The molecule has 3 aliphatic rings. The molecule has 0 aliphatic carbocycles. The highest BCUT2D eigenvalue weighted by Crippen LogP contribution is 2.31. The zero-order valence-electron chi connectivity index (χ0n) is 15.9. The molecular formula is C20H28N2O4. The van der Waals surface area contributed by atoms with E-state index in [9.17, 15) is 9.59 Å². The Morgan fingerprint density at radius 3 is 2.62 bits per heavy atom. The number of rotatable bonds is 6. The fourth-order valence-corrected chi connectivity index (χ4v) is 4.06. The molecule has 6 nitrogen and oxygen atoms in total. The minimum absolute atomic E-state index is 0.0466. The molecule has 0 radical (unpaired) electrons. The van der Waals surface area contributed by atoms with Crippen LogP contribution in [0.15, 0.2) is 18.2 Å². The summed E-state index contributed by atoms with van der Waals surface area (Å²) in [5, 5.41) is 0. The topological polar surface area (TPSA) is 59.1 Å². The van der Waals surface area contributed by atoms with Crippen LogP contribution in [-0.4, -0.2) is 61.5 Å². The van der Waals surface area contributed by atoms with Crippen molar-refractivity contribution in [2.45, 2.75) is 38.6 Å². The summed E-state index contributed by atoms with van der Waals surface area (Å²) < 4.78 is 10.6. The van der Waals surface area contributed by atoms with E-state index in [2.05, 4.69) is 6.92 Å². The number of ether oxygens (including phenoxy) is 2. The lowest BCUT2D eigenvalue weighted by Crippen LogP contribution is -2.48. The van der Waals surface area contributed by atoms with Gasteiger partial charge in [0.15, 0.2) is 11.5 Å². The number of carbonyl (C=O) groups is 2. The van der Waals surface area contributed by atoms with Crippen LogP contribution in [0, 0.1) is 5.92 Å². The van der Waals surface area contributed by atoms with Gasteiger partial charge in [0.05, 0.1) is 26.6 Å². The summed E-state index contributed by atoms with van der Waals surface area (Å²) >= 11 is 0. The summed E-state index contributed by atoms with van der Waals surface area (Å²) in [4.78, 5) is 29.4. The number of piperidine rings is 1. The van der Waals surface area contributed by atoms with Gasteiger partial charge in [-0.15, -0.1) is 0 Å². The monoisotopic (exact) mass is 360 g/mol. The van der Waals surface area contributed by atoms with Gasteiger partial charge in [-0.05, 0) is 37.0 Å². The second kappa shape index (κ2) is 7.98. The average Bonchev–Trinajstić information content (AvgIpc) is 2.94. The minimum atomic E-state index is -0.0466. The summed E-state index contributed by atoms with van der Waals surface area (Å²) in [5.74, 6) is 1.52. The van der Waals surface area contributed by atoms with Crippen molar-refractivity contribution in [3.63, 3.8) is 0 Å². The Morgan fingerprint density at radius 1 is 1.15 bits per heavy atom. The Morgan fingerprint density at radius 2 is 1.92 bits per heavy atom. The van der Waals surface area contributed by atoms with Crippen LogP contribution in [0.25, 0.3) is 0 Å². The number of amides is 2. The molecule has 26 heavy (non-hydrogen) atoms. The largest absolute Gasteiger partial charge is 0.493 e. The predicted molar refractivity (Wildman–Crippen MR) is 98.3 cm³/mol. The van der Waals surface area contributed by atoms with E-state index in [0.29, 0.717) is 31.0 Å². The van der Waals surface area contributed by atoms with E-state index in [4.69, 9.17) is 9.47 Å². The highest BCUT2D eigenvalue weighted by Gasteiger charge is 2.41. The van der Waals surface area contributed by atoms with E-state index < -0.39 is 0 Å². The number of benzene rings is 1. The van der Waals surface area contributed by atoms with E-state index in [-0.39, 0.29) is 23.8 Å². The quantitative estimate of drug-likeness (QED) is 0.780. The third kappa shape index (κ3) is 3.64. The molecule has 1 aromatic rings. The highest BCUT2D eigenvalue weighted by molar-refractivity contribution is 5.84. The van der Waals surface area contributed by atoms with Crippen LogP contribution in [0.3, 0.4) is 0 Å². The van der Waals surface area contributed by atoms with E-state index in [0.717, 1.165) is 31.4 Å². The molecule has 4 rings (SSSR count). The maximum Gasteiger partial charge on any atom is 0.227 e. The van der Waals surface area contributed by atoms with Crippen LogP contribution in [0.2, 0.25) is 0 Å². The smallest absolute Gasteiger partial charge is 0.227 e. The third-order valence-electron chi connectivity index (χ3n) is 5.41. The number of carbonyl (C=O) groups excluding carboxylic acids is 2. The molecule has 1 aromatic carbocycles. The van der Waals surface area contributed by atoms with Crippen molar-refractivity contribution in [1.29, 1.82) is 0 Å². The zero-order valence-corrected chi connectivity index (χ0v) is 15.9. The van der Waals surface area contributed by atoms with Crippen molar-refractivity contribution in [3.8, 4) is 11.5 Å². The molecule has 0 aromatic heterocycles. The van der Waals surface area contributed by atoms with Gasteiger partial charge in [-0.25, -0.2) is 0 Å². The fraction of sp³-hybridized carbons (Fsp3) is 0.600. The van der Waals surface area contributed by atoms with Gasteiger partial charge in [0.25, 0.3) is 0 Å². The normalized spacial score (nSPS) is 22.3. The molecular weight excluding hydrogens is 332 g/mol. The summed E-state index contributed by atoms with van der Waals surface area (Å²) in [5.41, 5.74) is 0.890. The van der Waals surface area contributed by atoms with E-state index >= 15 is 0 Å². The molecule has 3 fully saturated rings.